The average molecular weight is 572 g/mol. The van der Waals surface area contributed by atoms with Crippen LogP contribution in [0.2, 0.25) is 10.0 Å². The van der Waals surface area contributed by atoms with Crippen molar-refractivity contribution in [2.45, 2.75) is 33.4 Å². The lowest BCUT2D eigenvalue weighted by Gasteiger charge is -2.15. The van der Waals surface area contributed by atoms with Crippen LogP contribution in [0, 0.1) is 13.8 Å². The van der Waals surface area contributed by atoms with Gasteiger partial charge in [-0.1, -0.05) is 71.7 Å². The van der Waals surface area contributed by atoms with Crippen molar-refractivity contribution in [3.63, 3.8) is 0 Å². The predicted octanol–water partition coefficient (Wildman–Crippen LogP) is 8.47. The minimum absolute atomic E-state index is 0.164. The van der Waals surface area contributed by atoms with Gasteiger partial charge in [-0.05, 0) is 85.0 Å². The molecular weight excluding hydrogens is 543 g/mol. The number of rotatable bonds is 7. The Bertz CT molecular complexity index is 1760. The minimum atomic E-state index is -0.943. The Morgan fingerprint density at radius 3 is 2.33 bits per heavy atom. The van der Waals surface area contributed by atoms with E-state index in [-0.39, 0.29) is 17.5 Å². The molecule has 0 saturated heterocycles. The molecule has 1 amide bonds. The Balaban J connectivity index is 1.38. The molecule has 0 bridgehead atoms. The third-order valence-electron chi connectivity index (χ3n) is 7.46. The van der Waals surface area contributed by atoms with E-state index in [0.29, 0.717) is 27.7 Å². The molecular formula is C33H28Cl2N2O3. The molecule has 5 nitrogen and oxygen atoms in total. The van der Waals surface area contributed by atoms with E-state index >= 15 is 0 Å². The van der Waals surface area contributed by atoms with Crippen LogP contribution in [0.1, 0.15) is 56.1 Å². The van der Waals surface area contributed by atoms with Gasteiger partial charge in [-0.25, -0.2) is 4.79 Å². The number of aromatic nitrogens is 1. The molecule has 7 heteroatoms. The first kappa shape index (κ1) is 27.5. The van der Waals surface area contributed by atoms with E-state index in [4.69, 9.17) is 23.2 Å². The summed E-state index contributed by atoms with van der Waals surface area (Å²) in [5.41, 5.74) is 7.67. The summed E-state index contributed by atoms with van der Waals surface area (Å²) >= 11 is 12.2. The van der Waals surface area contributed by atoms with Crippen LogP contribution in [0.4, 0.5) is 0 Å². The SMILES string of the molecule is Cc1c(C)n(Cc2ccc(-c3ccccc3C(=O)O)cc2)c2ccc(C(=O)NC(C)c3ccc(Cl)c(Cl)c3)cc12. The van der Waals surface area contributed by atoms with Gasteiger partial charge in [-0.3, -0.25) is 4.79 Å². The van der Waals surface area contributed by atoms with Gasteiger partial charge in [0.25, 0.3) is 5.91 Å². The van der Waals surface area contributed by atoms with E-state index in [1.165, 1.54) is 0 Å². The molecule has 0 fully saturated rings. The fourth-order valence-corrected chi connectivity index (χ4v) is 5.34. The number of fused-ring (bicyclic) bond motifs is 1. The second kappa shape index (κ2) is 11.2. The van der Waals surface area contributed by atoms with Crippen molar-refractivity contribution in [3.8, 4) is 11.1 Å². The molecule has 1 unspecified atom stereocenters. The molecule has 0 saturated carbocycles. The van der Waals surface area contributed by atoms with Gasteiger partial charge < -0.3 is 15.0 Å². The zero-order valence-corrected chi connectivity index (χ0v) is 23.8. The molecule has 4 aromatic carbocycles. The summed E-state index contributed by atoms with van der Waals surface area (Å²) in [7, 11) is 0. The third-order valence-corrected chi connectivity index (χ3v) is 8.19. The van der Waals surface area contributed by atoms with Crippen LogP contribution in [-0.2, 0) is 6.54 Å². The van der Waals surface area contributed by atoms with E-state index in [2.05, 4.69) is 23.7 Å². The molecule has 1 atom stereocenters. The van der Waals surface area contributed by atoms with Crippen molar-refractivity contribution in [2.75, 3.05) is 0 Å². The lowest BCUT2D eigenvalue weighted by Crippen LogP contribution is -2.26. The molecule has 0 aliphatic rings. The Morgan fingerprint density at radius 1 is 0.900 bits per heavy atom. The highest BCUT2D eigenvalue weighted by molar-refractivity contribution is 6.42. The Morgan fingerprint density at radius 2 is 1.62 bits per heavy atom. The molecule has 2 N–H and O–H groups in total. The lowest BCUT2D eigenvalue weighted by atomic mass is 9.99. The Hall–Kier alpha value is -4.06. The number of aromatic carboxylic acids is 1. The number of aryl methyl sites for hydroxylation is 1. The topological polar surface area (TPSA) is 71.3 Å². The zero-order chi connectivity index (χ0) is 28.6. The quantitative estimate of drug-likeness (QED) is 0.206. The molecule has 40 heavy (non-hydrogen) atoms. The van der Waals surface area contributed by atoms with Gasteiger partial charge in [0.05, 0.1) is 21.7 Å². The highest BCUT2D eigenvalue weighted by atomic mass is 35.5. The number of halogens is 2. The molecule has 0 radical (unpaired) electrons. The van der Waals surface area contributed by atoms with Crippen LogP contribution < -0.4 is 5.32 Å². The summed E-state index contributed by atoms with van der Waals surface area (Å²) in [5.74, 6) is -1.11. The Labute approximate surface area is 243 Å². The highest BCUT2D eigenvalue weighted by Crippen LogP contribution is 2.30. The van der Waals surface area contributed by atoms with Crippen molar-refractivity contribution < 1.29 is 14.7 Å². The monoisotopic (exact) mass is 570 g/mol. The number of carbonyl (C=O) groups excluding carboxylic acids is 1. The van der Waals surface area contributed by atoms with Crippen LogP contribution in [0.3, 0.4) is 0 Å². The summed E-state index contributed by atoms with van der Waals surface area (Å²) in [6.07, 6.45) is 0. The molecule has 0 spiro atoms. The minimum Gasteiger partial charge on any atom is -0.478 e. The summed E-state index contributed by atoms with van der Waals surface area (Å²) in [6, 6.07) is 25.9. The van der Waals surface area contributed by atoms with Crippen molar-refractivity contribution in [2.24, 2.45) is 0 Å². The number of hydrogen-bond donors (Lipinski definition) is 2. The summed E-state index contributed by atoms with van der Waals surface area (Å²) in [5, 5.41) is 14.5. The fourth-order valence-electron chi connectivity index (χ4n) is 5.03. The van der Waals surface area contributed by atoms with E-state index in [1.807, 2.05) is 67.6 Å². The second-order valence-corrected chi connectivity index (χ2v) is 10.8. The van der Waals surface area contributed by atoms with Crippen LogP contribution in [0.5, 0.6) is 0 Å². The van der Waals surface area contributed by atoms with Gasteiger partial charge in [0, 0.05) is 28.7 Å². The first-order valence-electron chi connectivity index (χ1n) is 12.9. The van der Waals surface area contributed by atoms with Gasteiger partial charge in [-0.2, -0.15) is 0 Å². The fraction of sp³-hybridized carbons (Fsp3) is 0.152. The third kappa shape index (κ3) is 5.35. The largest absolute Gasteiger partial charge is 0.478 e. The molecule has 5 rings (SSSR count). The molecule has 5 aromatic rings. The van der Waals surface area contributed by atoms with Crippen molar-refractivity contribution in [1.29, 1.82) is 0 Å². The summed E-state index contributed by atoms with van der Waals surface area (Å²) < 4.78 is 2.24. The zero-order valence-electron chi connectivity index (χ0n) is 22.3. The number of nitrogens with one attached hydrogen (secondary N) is 1. The lowest BCUT2D eigenvalue weighted by molar-refractivity contribution is 0.0697. The standard InChI is InChI=1S/C33H28Cl2N2O3/c1-19-21(3)37(18-22-8-10-23(11-9-22)26-6-4-5-7-27(26)33(39)40)31-15-13-25(16-28(19)31)32(38)36-20(2)24-12-14-29(34)30(35)17-24/h4-17,20H,18H2,1-3H3,(H,36,38)(H,39,40). The van der Waals surface area contributed by atoms with Crippen molar-refractivity contribution in [3.05, 3.63) is 128 Å². The average Bonchev–Trinajstić information content (AvgIpc) is 3.19. The van der Waals surface area contributed by atoms with Gasteiger partial charge in [0.15, 0.2) is 0 Å². The number of amides is 1. The van der Waals surface area contributed by atoms with E-state index in [0.717, 1.165) is 38.9 Å². The van der Waals surface area contributed by atoms with E-state index in [9.17, 15) is 14.7 Å². The summed E-state index contributed by atoms with van der Waals surface area (Å²) in [4.78, 5) is 24.8. The number of carbonyl (C=O) groups is 2. The number of hydrogen-bond acceptors (Lipinski definition) is 2. The maximum atomic E-state index is 13.1. The molecule has 0 aliphatic heterocycles. The highest BCUT2D eigenvalue weighted by Gasteiger charge is 2.17. The van der Waals surface area contributed by atoms with Gasteiger partial charge in [0.2, 0.25) is 0 Å². The van der Waals surface area contributed by atoms with Crippen LogP contribution >= 0.6 is 23.2 Å². The smallest absolute Gasteiger partial charge is 0.336 e. The van der Waals surface area contributed by atoms with Crippen LogP contribution in [-0.4, -0.2) is 21.6 Å². The van der Waals surface area contributed by atoms with E-state index in [1.54, 1.807) is 24.3 Å². The maximum absolute atomic E-state index is 13.1. The van der Waals surface area contributed by atoms with Gasteiger partial charge in [0.1, 0.15) is 0 Å². The predicted molar refractivity (Wildman–Crippen MR) is 162 cm³/mol. The number of nitrogens with zero attached hydrogens (tertiary/aromatic N) is 1. The maximum Gasteiger partial charge on any atom is 0.336 e. The number of carboxylic acid groups (broad SMARTS) is 1. The molecule has 1 aromatic heterocycles. The molecule has 1 heterocycles. The van der Waals surface area contributed by atoms with Gasteiger partial charge in [-0.15, -0.1) is 0 Å². The number of benzene rings is 4. The molecule has 202 valence electrons. The summed E-state index contributed by atoms with van der Waals surface area (Å²) in [6.45, 7) is 6.71. The first-order valence-corrected chi connectivity index (χ1v) is 13.7. The Kier molecular flexibility index (Phi) is 7.70. The normalized spacial score (nSPS) is 11.9. The van der Waals surface area contributed by atoms with Crippen LogP contribution in [0.15, 0.2) is 84.9 Å². The first-order chi connectivity index (χ1) is 19.1. The van der Waals surface area contributed by atoms with E-state index < -0.39 is 5.97 Å². The van der Waals surface area contributed by atoms with Crippen molar-refractivity contribution in [1.82, 2.24) is 9.88 Å². The number of carboxylic acids is 1. The van der Waals surface area contributed by atoms with Gasteiger partial charge >= 0.3 is 5.97 Å². The van der Waals surface area contributed by atoms with Crippen molar-refractivity contribution >= 4 is 46.0 Å². The van der Waals surface area contributed by atoms with Crippen LogP contribution in [0.25, 0.3) is 22.0 Å². The molecule has 0 aliphatic carbocycles. The second-order valence-electron chi connectivity index (χ2n) is 9.94.